The molecule has 1 aliphatic heterocycles. The largest absolute Gasteiger partial charge is 0.323 e. The summed E-state index contributed by atoms with van der Waals surface area (Å²) in [5, 5.41) is 6.22. The fraction of sp³-hybridized carbons (Fsp3) is 0.462. The van der Waals surface area contributed by atoms with E-state index in [-0.39, 0.29) is 18.4 Å². The van der Waals surface area contributed by atoms with Gasteiger partial charge in [0, 0.05) is 25.3 Å². The van der Waals surface area contributed by atoms with Crippen LogP contribution in [0.15, 0.2) is 24.3 Å². The van der Waals surface area contributed by atoms with Crippen molar-refractivity contribution in [1.29, 1.82) is 0 Å². The van der Waals surface area contributed by atoms with E-state index in [1.165, 1.54) is 0 Å². The van der Waals surface area contributed by atoms with Crippen LogP contribution in [0.1, 0.15) is 12.0 Å². The van der Waals surface area contributed by atoms with E-state index in [2.05, 4.69) is 10.6 Å². The van der Waals surface area contributed by atoms with Gasteiger partial charge in [-0.3, -0.25) is 0 Å². The molecule has 1 heterocycles. The van der Waals surface area contributed by atoms with Crippen LogP contribution < -0.4 is 10.6 Å². The first-order valence-electron chi connectivity index (χ1n) is 6.09. The lowest BCUT2D eigenvalue weighted by Gasteiger charge is -2.20. The molecule has 0 aliphatic carbocycles. The monoisotopic (exact) mass is 269 g/mol. The molecule has 0 bridgehead atoms. The molecule has 100 valence electrons. The van der Waals surface area contributed by atoms with E-state index in [1.54, 1.807) is 0 Å². The van der Waals surface area contributed by atoms with Gasteiger partial charge in [-0.05, 0) is 37.6 Å². The predicted molar refractivity (Wildman–Crippen MR) is 76.5 cm³/mol. The van der Waals surface area contributed by atoms with Crippen molar-refractivity contribution in [3.05, 3.63) is 29.8 Å². The van der Waals surface area contributed by atoms with Gasteiger partial charge in [-0.15, -0.1) is 12.4 Å². The molecule has 0 atom stereocenters. The van der Waals surface area contributed by atoms with Crippen LogP contribution in [0.3, 0.4) is 0 Å². The number of rotatable bonds is 1. The molecule has 1 aromatic rings. The van der Waals surface area contributed by atoms with Gasteiger partial charge in [0.1, 0.15) is 0 Å². The molecule has 1 fully saturated rings. The van der Waals surface area contributed by atoms with Crippen molar-refractivity contribution in [3.8, 4) is 0 Å². The summed E-state index contributed by atoms with van der Waals surface area (Å²) < 4.78 is 0. The molecule has 0 aromatic heterocycles. The third-order valence-electron chi connectivity index (χ3n) is 2.90. The Bertz CT molecular complexity index is 390. The number of halogens is 1. The second-order valence-corrected chi connectivity index (χ2v) is 4.39. The van der Waals surface area contributed by atoms with Gasteiger partial charge in [-0.25, -0.2) is 4.79 Å². The van der Waals surface area contributed by atoms with Gasteiger partial charge in [0.15, 0.2) is 0 Å². The summed E-state index contributed by atoms with van der Waals surface area (Å²) in [7, 11) is 0. The standard InChI is InChI=1S/C13H19N3O.ClH/c1-11-4-2-5-12(10-11)15-13(17)16-8-3-6-14-7-9-16;/h2,4-5,10,14H,3,6-9H2,1H3,(H,15,17);1H. The first-order chi connectivity index (χ1) is 8.25. The number of urea groups is 1. The number of hydrogen-bond donors (Lipinski definition) is 2. The van der Waals surface area contributed by atoms with Gasteiger partial charge in [0.2, 0.25) is 0 Å². The van der Waals surface area contributed by atoms with Crippen LogP contribution in [0, 0.1) is 6.92 Å². The summed E-state index contributed by atoms with van der Waals surface area (Å²) in [6, 6.07) is 7.87. The number of carbonyl (C=O) groups is 1. The molecule has 0 saturated carbocycles. The smallest absolute Gasteiger partial charge is 0.321 e. The topological polar surface area (TPSA) is 44.4 Å². The molecule has 1 aliphatic rings. The van der Waals surface area contributed by atoms with Crippen molar-refractivity contribution in [2.75, 3.05) is 31.5 Å². The van der Waals surface area contributed by atoms with Gasteiger partial charge in [0.05, 0.1) is 0 Å². The second kappa shape index (κ2) is 7.24. The number of benzene rings is 1. The maximum Gasteiger partial charge on any atom is 0.321 e. The average molecular weight is 270 g/mol. The SMILES string of the molecule is Cc1cccc(NC(=O)N2CCCNCC2)c1.Cl. The van der Waals surface area contributed by atoms with E-state index in [4.69, 9.17) is 0 Å². The van der Waals surface area contributed by atoms with E-state index >= 15 is 0 Å². The van der Waals surface area contributed by atoms with Crippen molar-refractivity contribution < 1.29 is 4.79 Å². The van der Waals surface area contributed by atoms with Gasteiger partial charge >= 0.3 is 6.03 Å². The van der Waals surface area contributed by atoms with E-state index in [9.17, 15) is 4.79 Å². The molecule has 0 radical (unpaired) electrons. The van der Waals surface area contributed by atoms with Crippen molar-refractivity contribution in [2.24, 2.45) is 0 Å². The fourth-order valence-electron chi connectivity index (χ4n) is 1.97. The number of carbonyl (C=O) groups excluding carboxylic acids is 1. The molecule has 2 amide bonds. The Labute approximate surface area is 114 Å². The molecule has 18 heavy (non-hydrogen) atoms. The zero-order valence-electron chi connectivity index (χ0n) is 10.6. The van der Waals surface area contributed by atoms with Gasteiger partial charge < -0.3 is 15.5 Å². The molecule has 0 unspecified atom stereocenters. The van der Waals surface area contributed by atoms with Gasteiger partial charge in [-0.2, -0.15) is 0 Å². The minimum atomic E-state index is -0.000648. The molecule has 4 nitrogen and oxygen atoms in total. The molecule has 0 spiro atoms. The zero-order valence-corrected chi connectivity index (χ0v) is 11.4. The Hall–Kier alpha value is -1.26. The lowest BCUT2D eigenvalue weighted by atomic mass is 10.2. The Morgan fingerprint density at radius 3 is 2.94 bits per heavy atom. The van der Waals surface area contributed by atoms with Crippen LogP contribution in [-0.4, -0.2) is 37.1 Å². The lowest BCUT2D eigenvalue weighted by molar-refractivity contribution is 0.215. The minimum Gasteiger partial charge on any atom is -0.323 e. The van der Waals surface area contributed by atoms with Crippen LogP contribution in [0.2, 0.25) is 0 Å². The van der Waals surface area contributed by atoms with Crippen molar-refractivity contribution in [3.63, 3.8) is 0 Å². The number of aryl methyl sites for hydroxylation is 1. The molecule has 5 heteroatoms. The minimum absolute atomic E-state index is 0. The average Bonchev–Trinajstić information content (AvgIpc) is 2.57. The van der Waals surface area contributed by atoms with Crippen LogP contribution in [0.4, 0.5) is 10.5 Å². The zero-order chi connectivity index (χ0) is 12.1. The molecule has 1 saturated heterocycles. The Balaban J connectivity index is 0.00000162. The summed E-state index contributed by atoms with van der Waals surface area (Å²) in [5.41, 5.74) is 2.02. The van der Waals surface area contributed by atoms with Gasteiger partial charge in [0.25, 0.3) is 0 Å². The summed E-state index contributed by atoms with van der Waals surface area (Å²) >= 11 is 0. The second-order valence-electron chi connectivity index (χ2n) is 4.39. The first kappa shape index (κ1) is 14.8. The van der Waals surface area contributed by atoms with Gasteiger partial charge in [-0.1, -0.05) is 12.1 Å². The molecular weight excluding hydrogens is 250 g/mol. The highest BCUT2D eigenvalue weighted by atomic mass is 35.5. The number of amides is 2. The van der Waals surface area contributed by atoms with Crippen LogP contribution >= 0.6 is 12.4 Å². The number of hydrogen-bond acceptors (Lipinski definition) is 2. The summed E-state index contributed by atoms with van der Waals surface area (Å²) in [6.07, 6.45) is 1.02. The highest BCUT2D eigenvalue weighted by Gasteiger charge is 2.14. The Kier molecular flexibility index (Phi) is 5.95. The normalized spacial score (nSPS) is 15.5. The Morgan fingerprint density at radius 1 is 1.33 bits per heavy atom. The maximum absolute atomic E-state index is 12.0. The molecule has 2 rings (SSSR count). The molecular formula is C13H20ClN3O. The highest BCUT2D eigenvalue weighted by Crippen LogP contribution is 2.10. The van der Waals surface area contributed by atoms with Crippen LogP contribution in [0.5, 0.6) is 0 Å². The van der Waals surface area contributed by atoms with Crippen molar-refractivity contribution >= 4 is 24.1 Å². The lowest BCUT2D eigenvalue weighted by Crippen LogP contribution is -2.37. The van der Waals surface area contributed by atoms with E-state index in [1.807, 2.05) is 36.1 Å². The third kappa shape index (κ3) is 4.20. The predicted octanol–water partition coefficient (Wildman–Crippen LogP) is 2.24. The van der Waals surface area contributed by atoms with E-state index < -0.39 is 0 Å². The fourth-order valence-corrected chi connectivity index (χ4v) is 1.97. The summed E-state index contributed by atoms with van der Waals surface area (Å²) in [4.78, 5) is 13.9. The number of anilines is 1. The van der Waals surface area contributed by atoms with Crippen molar-refractivity contribution in [1.82, 2.24) is 10.2 Å². The third-order valence-corrected chi connectivity index (χ3v) is 2.90. The summed E-state index contributed by atoms with van der Waals surface area (Å²) in [5.74, 6) is 0. The van der Waals surface area contributed by atoms with Crippen LogP contribution in [-0.2, 0) is 0 Å². The number of nitrogens with zero attached hydrogens (tertiary/aromatic N) is 1. The molecule has 2 N–H and O–H groups in total. The van der Waals surface area contributed by atoms with E-state index in [0.717, 1.165) is 43.9 Å². The molecule has 1 aromatic carbocycles. The van der Waals surface area contributed by atoms with E-state index in [0.29, 0.717) is 0 Å². The quantitative estimate of drug-likeness (QED) is 0.821. The van der Waals surface area contributed by atoms with Crippen molar-refractivity contribution in [2.45, 2.75) is 13.3 Å². The number of nitrogens with one attached hydrogen (secondary N) is 2. The Morgan fingerprint density at radius 2 is 2.17 bits per heavy atom. The van der Waals surface area contributed by atoms with Crippen LogP contribution in [0.25, 0.3) is 0 Å². The highest BCUT2D eigenvalue weighted by molar-refractivity contribution is 5.89. The maximum atomic E-state index is 12.0. The first-order valence-corrected chi connectivity index (χ1v) is 6.09. The summed E-state index contributed by atoms with van der Waals surface area (Å²) in [6.45, 7) is 5.49.